The molecule has 1 aliphatic heterocycles. The highest BCUT2D eigenvalue weighted by Gasteiger charge is 2.38. The minimum absolute atomic E-state index is 0.294. The zero-order valence-corrected chi connectivity index (χ0v) is 23.2. The van der Waals surface area contributed by atoms with Gasteiger partial charge in [0, 0.05) is 17.6 Å². The van der Waals surface area contributed by atoms with E-state index < -0.39 is 5.91 Å². The zero-order chi connectivity index (χ0) is 27.1. The van der Waals surface area contributed by atoms with Crippen molar-refractivity contribution in [2.75, 3.05) is 33.3 Å². The van der Waals surface area contributed by atoms with Gasteiger partial charge in [-0.15, -0.1) is 23.5 Å². The Bertz CT molecular complexity index is 1340. The first-order valence-electron chi connectivity index (χ1n) is 11.7. The predicted octanol–water partition coefficient (Wildman–Crippen LogP) is 6.55. The zero-order valence-electron chi connectivity index (χ0n) is 21.6. The highest BCUT2D eigenvalue weighted by atomic mass is 32.2. The van der Waals surface area contributed by atoms with Crippen LogP contribution in [0.1, 0.15) is 11.1 Å². The second kappa shape index (κ2) is 12.7. The summed E-state index contributed by atoms with van der Waals surface area (Å²) in [4.78, 5) is 15.4. The Morgan fingerprint density at radius 1 is 0.763 bits per heavy atom. The van der Waals surface area contributed by atoms with Crippen molar-refractivity contribution in [3.8, 4) is 23.0 Å². The number of aliphatic hydroxyl groups is 1. The number of thioether (sulfide) groups is 2. The minimum Gasteiger partial charge on any atom is -0.502 e. The van der Waals surface area contributed by atoms with Gasteiger partial charge in [-0.1, -0.05) is 24.3 Å². The molecule has 1 heterocycles. The van der Waals surface area contributed by atoms with E-state index in [4.69, 9.17) is 18.9 Å². The van der Waals surface area contributed by atoms with Crippen molar-refractivity contribution in [2.45, 2.75) is 11.5 Å². The highest BCUT2D eigenvalue weighted by Crippen LogP contribution is 2.45. The van der Waals surface area contributed by atoms with Gasteiger partial charge in [0.1, 0.15) is 23.0 Å². The summed E-state index contributed by atoms with van der Waals surface area (Å²) in [5, 5.41) is 12.9. The fourth-order valence-corrected chi connectivity index (χ4v) is 5.76. The van der Waals surface area contributed by atoms with E-state index in [9.17, 15) is 9.90 Å². The van der Waals surface area contributed by atoms with Gasteiger partial charge in [0.25, 0.3) is 5.91 Å². The van der Waals surface area contributed by atoms with Gasteiger partial charge in [0.2, 0.25) is 0 Å². The van der Waals surface area contributed by atoms with Crippen LogP contribution in [0.5, 0.6) is 23.0 Å². The second-order valence-corrected chi connectivity index (χ2v) is 10.00. The number of hydrogen-bond donors (Lipinski definition) is 1. The lowest BCUT2D eigenvalue weighted by Gasteiger charge is -2.22. The van der Waals surface area contributed by atoms with Gasteiger partial charge in [-0.2, -0.15) is 0 Å². The van der Waals surface area contributed by atoms with E-state index in [1.807, 2.05) is 53.9 Å². The SMILES string of the molecule is COc1ccc(CSC=C2C(SCc3ccc(OC)cc3)=C(O)C(=O)N2c2ccc(OC)cc2OC)cc1. The van der Waals surface area contributed by atoms with Crippen LogP contribution in [0.2, 0.25) is 0 Å². The van der Waals surface area contributed by atoms with Gasteiger partial charge >= 0.3 is 0 Å². The van der Waals surface area contributed by atoms with Crippen LogP contribution in [0.15, 0.2) is 88.5 Å². The van der Waals surface area contributed by atoms with Gasteiger partial charge in [0.15, 0.2) is 5.76 Å². The molecule has 0 aliphatic carbocycles. The van der Waals surface area contributed by atoms with E-state index in [1.54, 1.807) is 39.5 Å². The molecule has 0 fully saturated rings. The van der Waals surface area contributed by atoms with E-state index in [0.717, 1.165) is 22.6 Å². The number of carbonyl (C=O) groups is 1. The molecule has 0 spiro atoms. The highest BCUT2D eigenvalue weighted by molar-refractivity contribution is 8.03. The first-order chi connectivity index (χ1) is 18.5. The van der Waals surface area contributed by atoms with Crippen molar-refractivity contribution in [3.63, 3.8) is 0 Å². The lowest BCUT2D eigenvalue weighted by Crippen LogP contribution is -2.25. The van der Waals surface area contributed by atoms with Crippen LogP contribution >= 0.6 is 23.5 Å². The Labute approximate surface area is 231 Å². The molecular formula is C29H29NO6S2. The van der Waals surface area contributed by atoms with Crippen molar-refractivity contribution in [1.29, 1.82) is 0 Å². The average Bonchev–Trinajstić information content (AvgIpc) is 3.20. The third-order valence-corrected chi connectivity index (χ3v) is 7.93. The Hall–Kier alpha value is -3.69. The molecule has 1 N–H and O–H groups in total. The first-order valence-corrected chi connectivity index (χ1v) is 13.7. The predicted molar refractivity (Wildman–Crippen MR) is 153 cm³/mol. The standard InChI is InChI=1S/C29H29NO6S2/c1-33-21-9-5-19(6-10-21)16-37-18-25-28(38-17-20-7-11-22(34-2)12-8-20)27(31)29(32)30(25)24-14-13-23(35-3)15-26(24)36-4/h5-15,18,31H,16-17H2,1-4H3. The third-order valence-electron chi connectivity index (χ3n) is 5.87. The molecule has 1 amide bonds. The molecule has 0 atom stereocenters. The number of hydrogen-bond acceptors (Lipinski definition) is 8. The number of nitrogens with zero attached hydrogens (tertiary/aromatic N) is 1. The van der Waals surface area contributed by atoms with E-state index >= 15 is 0 Å². The number of amides is 1. The van der Waals surface area contributed by atoms with Crippen LogP contribution in [-0.4, -0.2) is 39.5 Å². The van der Waals surface area contributed by atoms with Crippen LogP contribution in [0.3, 0.4) is 0 Å². The topological polar surface area (TPSA) is 77.5 Å². The lowest BCUT2D eigenvalue weighted by molar-refractivity contribution is -0.116. The molecule has 0 aromatic heterocycles. The van der Waals surface area contributed by atoms with E-state index in [1.165, 1.54) is 35.5 Å². The van der Waals surface area contributed by atoms with Gasteiger partial charge in [-0.25, -0.2) is 0 Å². The Kier molecular flexibility index (Phi) is 9.15. The number of benzene rings is 3. The van der Waals surface area contributed by atoms with Crippen LogP contribution in [0.4, 0.5) is 5.69 Å². The summed E-state index contributed by atoms with van der Waals surface area (Å²) in [6.07, 6.45) is 0. The molecule has 9 heteroatoms. The summed E-state index contributed by atoms with van der Waals surface area (Å²) in [6.45, 7) is 0. The molecule has 4 rings (SSSR count). The Morgan fingerprint density at radius 2 is 1.32 bits per heavy atom. The number of rotatable bonds is 11. The maximum atomic E-state index is 13.4. The van der Waals surface area contributed by atoms with Crippen LogP contribution in [-0.2, 0) is 16.3 Å². The van der Waals surface area contributed by atoms with Crippen LogP contribution < -0.4 is 23.8 Å². The maximum Gasteiger partial charge on any atom is 0.299 e. The quantitative estimate of drug-likeness (QED) is 0.288. The van der Waals surface area contributed by atoms with Gasteiger partial charge < -0.3 is 24.1 Å². The van der Waals surface area contributed by atoms with Crippen molar-refractivity contribution >= 4 is 35.1 Å². The molecule has 198 valence electrons. The fraction of sp³-hybridized carbons (Fsp3) is 0.207. The molecule has 0 bridgehead atoms. The van der Waals surface area contributed by atoms with Crippen LogP contribution in [0.25, 0.3) is 0 Å². The molecule has 0 unspecified atom stereocenters. The van der Waals surface area contributed by atoms with Crippen molar-refractivity contribution in [2.24, 2.45) is 0 Å². The van der Waals surface area contributed by atoms with Gasteiger partial charge in [-0.05, 0) is 52.9 Å². The number of aliphatic hydroxyl groups excluding tert-OH is 1. The summed E-state index contributed by atoms with van der Waals surface area (Å²) in [6, 6.07) is 20.8. The van der Waals surface area contributed by atoms with Crippen molar-refractivity contribution in [1.82, 2.24) is 0 Å². The fourth-order valence-electron chi connectivity index (χ4n) is 3.81. The number of methoxy groups -OCH3 is 4. The molecule has 0 saturated heterocycles. The Morgan fingerprint density at radius 3 is 1.87 bits per heavy atom. The number of ether oxygens (including phenoxy) is 4. The second-order valence-electron chi connectivity index (χ2n) is 8.15. The molecule has 3 aromatic rings. The maximum absolute atomic E-state index is 13.4. The molecule has 7 nitrogen and oxygen atoms in total. The first kappa shape index (κ1) is 27.3. The van der Waals surface area contributed by atoms with E-state index in [-0.39, 0.29) is 5.76 Å². The summed E-state index contributed by atoms with van der Waals surface area (Å²) < 4.78 is 21.4. The molecule has 38 heavy (non-hydrogen) atoms. The third kappa shape index (κ3) is 6.06. The van der Waals surface area contributed by atoms with Crippen LogP contribution in [0, 0.1) is 0 Å². The number of carbonyl (C=O) groups excluding carboxylic acids is 1. The molecule has 0 radical (unpaired) electrons. The monoisotopic (exact) mass is 551 g/mol. The van der Waals surface area contributed by atoms with Crippen molar-refractivity contribution in [3.05, 3.63) is 99.6 Å². The summed E-state index contributed by atoms with van der Waals surface area (Å²) >= 11 is 2.94. The van der Waals surface area contributed by atoms with E-state index in [0.29, 0.717) is 39.3 Å². The lowest BCUT2D eigenvalue weighted by atomic mass is 10.2. The molecular weight excluding hydrogens is 522 g/mol. The normalized spacial score (nSPS) is 14.3. The smallest absolute Gasteiger partial charge is 0.299 e. The Balaban J connectivity index is 1.64. The number of anilines is 1. The largest absolute Gasteiger partial charge is 0.502 e. The average molecular weight is 552 g/mol. The van der Waals surface area contributed by atoms with E-state index in [2.05, 4.69) is 0 Å². The van der Waals surface area contributed by atoms with Gasteiger partial charge in [0.05, 0.1) is 44.7 Å². The molecule has 3 aromatic carbocycles. The molecule has 0 saturated carbocycles. The molecule has 1 aliphatic rings. The minimum atomic E-state index is -0.512. The van der Waals surface area contributed by atoms with Gasteiger partial charge in [-0.3, -0.25) is 9.69 Å². The summed E-state index contributed by atoms with van der Waals surface area (Å²) in [5.74, 6) is 3.05. The van der Waals surface area contributed by atoms with Crippen molar-refractivity contribution < 1.29 is 28.8 Å². The summed E-state index contributed by atoms with van der Waals surface area (Å²) in [7, 11) is 6.36. The summed E-state index contributed by atoms with van der Waals surface area (Å²) in [5.41, 5.74) is 3.25.